The molecular formula is C16H31N3O2. The van der Waals surface area contributed by atoms with Crippen LogP contribution < -0.4 is 5.73 Å². The Hall–Kier alpha value is -0.650. The SMILES string of the molecule is CC1OC(C)C(C(=O)N2CCN(CCCCN)CC2)C1C. The smallest absolute Gasteiger partial charge is 0.228 e. The molecule has 0 aliphatic carbocycles. The van der Waals surface area contributed by atoms with Crippen LogP contribution in [-0.2, 0) is 9.53 Å². The third-order valence-electron chi connectivity index (χ3n) is 5.14. The molecule has 2 aliphatic rings. The fourth-order valence-electron chi connectivity index (χ4n) is 3.57. The van der Waals surface area contributed by atoms with Gasteiger partial charge in [-0.3, -0.25) is 9.69 Å². The van der Waals surface area contributed by atoms with Crippen LogP contribution in [0.3, 0.4) is 0 Å². The number of nitrogens with two attached hydrogens (primary N) is 1. The first kappa shape index (κ1) is 16.7. The van der Waals surface area contributed by atoms with E-state index in [-0.39, 0.29) is 18.1 Å². The molecule has 122 valence electrons. The summed E-state index contributed by atoms with van der Waals surface area (Å²) in [6.07, 6.45) is 2.48. The van der Waals surface area contributed by atoms with E-state index in [1.165, 1.54) is 0 Å². The van der Waals surface area contributed by atoms with Gasteiger partial charge in [0.2, 0.25) is 5.91 Å². The number of carbonyl (C=O) groups excluding carboxylic acids is 1. The molecule has 2 aliphatic heterocycles. The quantitative estimate of drug-likeness (QED) is 0.767. The van der Waals surface area contributed by atoms with Crippen LogP contribution in [0.5, 0.6) is 0 Å². The Balaban J connectivity index is 1.80. The lowest BCUT2D eigenvalue weighted by molar-refractivity contribution is -0.139. The number of nitrogens with zero attached hydrogens (tertiary/aromatic N) is 2. The van der Waals surface area contributed by atoms with E-state index in [4.69, 9.17) is 10.5 Å². The van der Waals surface area contributed by atoms with Crippen molar-refractivity contribution in [1.29, 1.82) is 0 Å². The Morgan fingerprint density at radius 3 is 2.29 bits per heavy atom. The number of hydrogen-bond acceptors (Lipinski definition) is 4. The Morgan fingerprint density at radius 1 is 1.10 bits per heavy atom. The molecule has 0 aromatic rings. The first-order valence-corrected chi connectivity index (χ1v) is 8.41. The van der Waals surface area contributed by atoms with Crippen LogP contribution in [0, 0.1) is 11.8 Å². The third-order valence-corrected chi connectivity index (χ3v) is 5.14. The minimum Gasteiger partial charge on any atom is -0.374 e. The first-order valence-electron chi connectivity index (χ1n) is 8.41. The van der Waals surface area contributed by atoms with E-state index in [2.05, 4.69) is 18.7 Å². The maximum Gasteiger partial charge on any atom is 0.228 e. The summed E-state index contributed by atoms with van der Waals surface area (Å²) in [6, 6.07) is 0. The fraction of sp³-hybridized carbons (Fsp3) is 0.938. The molecule has 2 N–H and O–H groups in total. The van der Waals surface area contributed by atoms with Crippen LogP contribution in [0.1, 0.15) is 33.6 Å². The Labute approximate surface area is 128 Å². The molecule has 1 amide bonds. The standard InChI is InChI=1S/C16H31N3O2/c1-12-13(2)21-14(3)15(12)16(20)19-10-8-18(9-11-19)7-5-4-6-17/h12-15H,4-11,17H2,1-3H3. The van der Waals surface area contributed by atoms with Gasteiger partial charge in [0, 0.05) is 26.2 Å². The second-order valence-electron chi connectivity index (χ2n) is 6.59. The van der Waals surface area contributed by atoms with E-state index in [1.54, 1.807) is 0 Å². The molecule has 0 aromatic carbocycles. The number of amides is 1. The average Bonchev–Trinajstić information content (AvgIpc) is 2.72. The first-order chi connectivity index (χ1) is 10.0. The average molecular weight is 297 g/mol. The molecule has 4 atom stereocenters. The maximum absolute atomic E-state index is 12.7. The molecule has 0 bridgehead atoms. The summed E-state index contributed by atoms with van der Waals surface area (Å²) in [5, 5.41) is 0. The number of rotatable bonds is 5. The molecule has 2 fully saturated rings. The van der Waals surface area contributed by atoms with Crippen molar-refractivity contribution in [3.8, 4) is 0 Å². The number of piperazine rings is 1. The van der Waals surface area contributed by atoms with Crippen molar-refractivity contribution in [3.63, 3.8) is 0 Å². The number of ether oxygens (including phenoxy) is 1. The van der Waals surface area contributed by atoms with Crippen LogP contribution in [0.4, 0.5) is 0 Å². The minimum atomic E-state index is 0.0313. The summed E-state index contributed by atoms with van der Waals surface area (Å²) in [7, 11) is 0. The second-order valence-corrected chi connectivity index (χ2v) is 6.59. The summed E-state index contributed by atoms with van der Waals surface area (Å²) in [6.45, 7) is 11.8. The van der Waals surface area contributed by atoms with E-state index < -0.39 is 0 Å². The highest BCUT2D eigenvalue weighted by Gasteiger charge is 2.43. The second kappa shape index (κ2) is 7.56. The molecular weight excluding hydrogens is 266 g/mol. The highest BCUT2D eigenvalue weighted by Crippen LogP contribution is 2.33. The van der Waals surface area contributed by atoms with E-state index in [0.717, 1.165) is 52.1 Å². The molecule has 0 spiro atoms. The molecule has 0 radical (unpaired) electrons. The molecule has 4 unspecified atom stereocenters. The van der Waals surface area contributed by atoms with Crippen molar-refractivity contribution in [3.05, 3.63) is 0 Å². The number of unbranched alkanes of at least 4 members (excludes halogenated alkanes) is 1. The number of hydrogen-bond donors (Lipinski definition) is 1. The van der Waals surface area contributed by atoms with Gasteiger partial charge in [0.15, 0.2) is 0 Å². The molecule has 2 rings (SSSR count). The van der Waals surface area contributed by atoms with Gasteiger partial charge in [0.05, 0.1) is 18.1 Å². The third kappa shape index (κ3) is 3.96. The summed E-state index contributed by atoms with van der Waals surface area (Å²) < 4.78 is 5.81. The Morgan fingerprint density at radius 2 is 1.76 bits per heavy atom. The van der Waals surface area contributed by atoms with E-state index in [1.807, 2.05) is 11.8 Å². The predicted molar refractivity (Wildman–Crippen MR) is 84.0 cm³/mol. The summed E-state index contributed by atoms with van der Waals surface area (Å²) in [4.78, 5) is 17.2. The van der Waals surface area contributed by atoms with Crippen molar-refractivity contribution in [2.24, 2.45) is 17.6 Å². The molecule has 21 heavy (non-hydrogen) atoms. The van der Waals surface area contributed by atoms with E-state index >= 15 is 0 Å². The summed E-state index contributed by atoms with van der Waals surface area (Å²) >= 11 is 0. The van der Waals surface area contributed by atoms with Crippen LogP contribution in [0.2, 0.25) is 0 Å². The van der Waals surface area contributed by atoms with Crippen molar-refractivity contribution in [2.45, 2.75) is 45.8 Å². The predicted octanol–water partition coefficient (Wildman–Crippen LogP) is 0.929. The lowest BCUT2D eigenvalue weighted by Crippen LogP contribution is -2.51. The zero-order valence-corrected chi connectivity index (χ0v) is 13.8. The van der Waals surface area contributed by atoms with Gasteiger partial charge in [0.1, 0.15) is 0 Å². The van der Waals surface area contributed by atoms with Crippen molar-refractivity contribution >= 4 is 5.91 Å². The van der Waals surface area contributed by atoms with Gasteiger partial charge >= 0.3 is 0 Å². The molecule has 5 nitrogen and oxygen atoms in total. The molecule has 0 aromatic heterocycles. The normalized spacial score (nSPS) is 34.4. The zero-order chi connectivity index (χ0) is 15.4. The van der Waals surface area contributed by atoms with Gasteiger partial charge in [-0.25, -0.2) is 0 Å². The molecule has 0 saturated carbocycles. The highest BCUT2D eigenvalue weighted by molar-refractivity contribution is 5.80. The Kier molecular flexibility index (Phi) is 6.02. The monoisotopic (exact) mass is 297 g/mol. The lowest BCUT2D eigenvalue weighted by atomic mass is 9.88. The number of carbonyl (C=O) groups is 1. The zero-order valence-electron chi connectivity index (χ0n) is 13.8. The van der Waals surface area contributed by atoms with Gasteiger partial charge in [-0.1, -0.05) is 6.92 Å². The van der Waals surface area contributed by atoms with Crippen LogP contribution in [0.15, 0.2) is 0 Å². The Bertz CT molecular complexity index is 342. The van der Waals surface area contributed by atoms with E-state index in [0.29, 0.717) is 11.8 Å². The maximum atomic E-state index is 12.7. The van der Waals surface area contributed by atoms with Crippen LogP contribution in [0.25, 0.3) is 0 Å². The largest absolute Gasteiger partial charge is 0.374 e. The molecule has 2 heterocycles. The van der Waals surface area contributed by atoms with Crippen LogP contribution >= 0.6 is 0 Å². The highest BCUT2D eigenvalue weighted by atomic mass is 16.5. The lowest BCUT2D eigenvalue weighted by Gasteiger charge is -2.37. The minimum absolute atomic E-state index is 0.0313. The van der Waals surface area contributed by atoms with Gasteiger partial charge in [-0.05, 0) is 45.7 Å². The van der Waals surface area contributed by atoms with Gasteiger partial charge in [-0.2, -0.15) is 0 Å². The topological polar surface area (TPSA) is 58.8 Å². The van der Waals surface area contributed by atoms with E-state index in [9.17, 15) is 4.79 Å². The van der Waals surface area contributed by atoms with Crippen molar-refractivity contribution in [1.82, 2.24) is 9.80 Å². The summed E-state index contributed by atoms with van der Waals surface area (Å²) in [5.41, 5.74) is 5.53. The molecule has 5 heteroatoms. The van der Waals surface area contributed by atoms with Gasteiger partial charge in [-0.15, -0.1) is 0 Å². The van der Waals surface area contributed by atoms with Gasteiger partial charge < -0.3 is 15.4 Å². The van der Waals surface area contributed by atoms with Crippen molar-refractivity contribution in [2.75, 3.05) is 39.3 Å². The summed E-state index contributed by atoms with van der Waals surface area (Å²) in [5.74, 6) is 0.639. The fourth-order valence-corrected chi connectivity index (χ4v) is 3.57. The van der Waals surface area contributed by atoms with Crippen molar-refractivity contribution < 1.29 is 9.53 Å². The van der Waals surface area contributed by atoms with Gasteiger partial charge in [0.25, 0.3) is 0 Å². The molecule has 2 saturated heterocycles. The van der Waals surface area contributed by atoms with Crippen LogP contribution in [-0.4, -0.2) is 67.2 Å².